The zero-order valence-corrected chi connectivity index (χ0v) is 11.2. The molecule has 16 heavy (non-hydrogen) atoms. The van der Waals surface area contributed by atoms with Crippen LogP contribution >= 0.6 is 0 Å². The summed E-state index contributed by atoms with van der Waals surface area (Å²) in [6, 6.07) is 13.0. The molecule has 0 aromatic heterocycles. The molecule has 0 fully saturated rings. The molecule has 1 unspecified atom stereocenters. The summed E-state index contributed by atoms with van der Waals surface area (Å²) in [4.78, 5) is 10.7. The van der Waals surface area contributed by atoms with Crippen molar-refractivity contribution in [3.63, 3.8) is 0 Å². The summed E-state index contributed by atoms with van der Waals surface area (Å²) >= 11 is 0. The van der Waals surface area contributed by atoms with Crippen molar-refractivity contribution < 1.29 is 4.80 Å². The second-order valence-electron chi connectivity index (χ2n) is 4.48. The van der Waals surface area contributed by atoms with Gasteiger partial charge in [0.15, 0.2) is 8.32 Å². The molecule has 0 heterocycles. The zero-order valence-electron chi connectivity index (χ0n) is 10.2. The first kappa shape index (κ1) is 13.2. The Morgan fingerprint density at radius 3 is 2.56 bits per heavy atom. The van der Waals surface area contributed by atoms with Gasteiger partial charge in [-0.05, 0) is 23.7 Å². The van der Waals surface area contributed by atoms with Crippen molar-refractivity contribution >= 4 is 8.32 Å². The second kappa shape index (κ2) is 6.66. The van der Waals surface area contributed by atoms with E-state index >= 15 is 0 Å². The van der Waals surface area contributed by atoms with Crippen LogP contribution in [0.5, 0.6) is 0 Å². The normalized spacial score (nSPS) is 14.4. The van der Waals surface area contributed by atoms with Gasteiger partial charge in [-0.1, -0.05) is 56.2 Å². The number of rotatable bonds is 7. The van der Waals surface area contributed by atoms with Crippen LogP contribution in [0.4, 0.5) is 0 Å². The topological polar surface area (TPSA) is 20.2 Å². The third-order valence-electron chi connectivity index (χ3n) is 2.90. The van der Waals surface area contributed by atoms with Crippen LogP contribution in [0.1, 0.15) is 25.3 Å². The quantitative estimate of drug-likeness (QED) is 0.563. The summed E-state index contributed by atoms with van der Waals surface area (Å²) in [5.74, 6) is 0. The SMILES string of the molecule is C=CC[Si](O)(CCCC)Cc1ccccc1. The molecule has 0 saturated heterocycles. The minimum absolute atomic E-state index is 0.807. The fourth-order valence-corrected chi connectivity index (χ4v) is 5.08. The van der Waals surface area contributed by atoms with Crippen LogP contribution in [0, 0.1) is 0 Å². The fraction of sp³-hybridized carbons (Fsp3) is 0.429. The highest BCUT2D eigenvalue weighted by Gasteiger charge is 2.28. The average Bonchev–Trinajstić information content (AvgIpc) is 2.28. The highest BCUT2D eigenvalue weighted by molar-refractivity contribution is 6.72. The van der Waals surface area contributed by atoms with Crippen molar-refractivity contribution in [3.05, 3.63) is 48.6 Å². The maximum atomic E-state index is 10.7. The van der Waals surface area contributed by atoms with Crippen molar-refractivity contribution in [2.75, 3.05) is 0 Å². The molecule has 0 aliphatic heterocycles. The Morgan fingerprint density at radius 1 is 1.31 bits per heavy atom. The highest BCUT2D eigenvalue weighted by atomic mass is 28.4. The van der Waals surface area contributed by atoms with Gasteiger partial charge in [0.05, 0.1) is 0 Å². The minimum atomic E-state index is -2.13. The van der Waals surface area contributed by atoms with Crippen LogP contribution in [0.25, 0.3) is 0 Å². The highest BCUT2D eigenvalue weighted by Crippen LogP contribution is 2.21. The molecule has 88 valence electrons. The number of allylic oxidation sites excluding steroid dienone is 1. The minimum Gasteiger partial charge on any atom is -0.431 e. The molecule has 0 spiro atoms. The molecule has 1 nitrogen and oxygen atoms in total. The van der Waals surface area contributed by atoms with Crippen molar-refractivity contribution in [1.82, 2.24) is 0 Å². The first-order chi connectivity index (χ1) is 7.70. The summed E-state index contributed by atoms with van der Waals surface area (Å²) in [7, 11) is -2.13. The van der Waals surface area contributed by atoms with Crippen molar-refractivity contribution in [3.8, 4) is 0 Å². The summed E-state index contributed by atoms with van der Waals surface area (Å²) < 4.78 is 0. The van der Waals surface area contributed by atoms with Gasteiger partial charge in [-0.25, -0.2) is 0 Å². The molecule has 0 bridgehead atoms. The Bertz CT molecular complexity index is 310. The fourth-order valence-electron chi connectivity index (χ4n) is 2.01. The van der Waals surface area contributed by atoms with E-state index in [1.807, 2.05) is 24.3 Å². The molecule has 0 radical (unpaired) electrons. The summed E-state index contributed by atoms with van der Waals surface area (Å²) in [6.07, 6.45) is 4.16. The second-order valence-corrected chi connectivity index (χ2v) is 8.19. The van der Waals surface area contributed by atoms with Crippen molar-refractivity contribution in [1.29, 1.82) is 0 Å². The van der Waals surface area contributed by atoms with Gasteiger partial charge in [0.2, 0.25) is 0 Å². The maximum absolute atomic E-state index is 10.7. The Balaban J connectivity index is 2.66. The van der Waals surface area contributed by atoms with Crippen LogP contribution in [-0.2, 0) is 6.04 Å². The van der Waals surface area contributed by atoms with Gasteiger partial charge in [-0.15, -0.1) is 6.58 Å². The monoisotopic (exact) mass is 234 g/mol. The zero-order chi connectivity index (χ0) is 11.9. The Morgan fingerprint density at radius 2 is 2.00 bits per heavy atom. The molecule has 1 N–H and O–H groups in total. The van der Waals surface area contributed by atoms with E-state index in [1.54, 1.807) is 0 Å². The lowest BCUT2D eigenvalue weighted by molar-refractivity contribution is 0.524. The number of hydrogen-bond donors (Lipinski definition) is 1. The van der Waals surface area contributed by atoms with Crippen molar-refractivity contribution in [2.24, 2.45) is 0 Å². The largest absolute Gasteiger partial charge is 0.431 e. The maximum Gasteiger partial charge on any atom is 0.196 e. The van der Waals surface area contributed by atoms with Gasteiger partial charge >= 0.3 is 0 Å². The van der Waals surface area contributed by atoms with E-state index in [1.165, 1.54) is 5.56 Å². The molecule has 0 amide bonds. The van der Waals surface area contributed by atoms with Crippen LogP contribution in [0.2, 0.25) is 12.1 Å². The molecule has 2 heteroatoms. The molecule has 0 aliphatic rings. The smallest absolute Gasteiger partial charge is 0.196 e. The Labute approximate surface area is 100.0 Å². The van der Waals surface area contributed by atoms with Crippen LogP contribution in [0.3, 0.4) is 0 Å². The molecule has 1 aromatic rings. The summed E-state index contributed by atoms with van der Waals surface area (Å²) in [5, 5.41) is 0. The third-order valence-corrected chi connectivity index (χ3v) is 6.30. The molecule has 0 saturated carbocycles. The van der Waals surface area contributed by atoms with Gasteiger partial charge in [-0.3, -0.25) is 0 Å². The van der Waals surface area contributed by atoms with E-state index in [-0.39, 0.29) is 0 Å². The predicted molar refractivity (Wildman–Crippen MR) is 72.8 cm³/mol. The molecule has 1 rings (SSSR count). The lowest BCUT2D eigenvalue weighted by Gasteiger charge is -2.23. The van der Waals surface area contributed by atoms with E-state index in [4.69, 9.17) is 0 Å². The first-order valence-electron chi connectivity index (χ1n) is 6.07. The van der Waals surface area contributed by atoms with E-state index in [0.717, 1.165) is 31.0 Å². The Hall–Kier alpha value is -0.863. The van der Waals surface area contributed by atoms with Gasteiger partial charge < -0.3 is 4.80 Å². The first-order valence-corrected chi connectivity index (χ1v) is 8.64. The molecular weight excluding hydrogens is 212 g/mol. The molecule has 0 aliphatic carbocycles. The number of unbranched alkanes of at least 4 members (excludes halogenated alkanes) is 1. The Kier molecular flexibility index (Phi) is 5.50. The summed E-state index contributed by atoms with van der Waals surface area (Å²) in [5.41, 5.74) is 1.26. The van der Waals surface area contributed by atoms with Gasteiger partial charge in [0, 0.05) is 0 Å². The summed E-state index contributed by atoms with van der Waals surface area (Å²) in [6.45, 7) is 5.94. The van der Waals surface area contributed by atoms with Crippen molar-refractivity contribution in [2.45, 2.75) is 37.9 Å². The van der Waals surface area contributed by atoms with E-state index in [2.05, 4.69) is 25.6 Å². The third kappa shape index (κ3) is 4.33. The average molecular weight is 234 g/mol. The molecular formula is C14H22OSi. The van der Waals surface area contributed by atoms with Crippen LogP contribution in [-0.4, -0.2) is 13.1 Å². The van der Waals surface area contributed by atoms with Gasteiger partial charge in [-0.2, -0.15) is 0 Å². The molecule has 1 atom stereocenters. The predicted octanol–water partition coefficient (Wildman–Crippen LogP) is 3.69. The van der Waals surface area contributed by atoms with E-state index in [9.17, 15) is 4.80 Å². The van der Waals surface area contributed by atoms with Crippen LogP contribution < -0.4 is 0 Å². The van der Waals surface area contributed by atoms with E-state index < -0.39 is 8.32 Å². The lowest BCUT2D eigenvalue weighted by atomic mass is 10.2. The lowest BCUT2D eigenvalue weighted by Crippen LogP contribution is -2.36. The standard InChI is InChI=1S/C14H22OSi/c1-3-5-12-16(15,11-4-2)13-14-9-7-6-8-10-14/h4,6-10,15H,2-3,5,11-13H2,1H3. The van der Waals surface area contributed by atoms with Gasteiger partial charge in [0.1, 0.15) is 0 Å². The number of benzene rings is 1. The number of hydrogen-bond acceptors (Lipinski definition) is 1. The van der Waals surface area contributed by atoms with E-state index in [0.29, 0.717) is 0 Å². The van der Waals surface area contributed by atoms with Crippen LogP contribution in [0.15, 0.2) is 43.0 Å². The molecule has 1 aromatic carbocycles. The van der Waals surface area contributed by atoms with Gasteiger partial charge in [0.25, 0.3) is 0 Å².